The summed E-state index contributed by atoms with van der Waals surface area (Å²) in [7, 11) is 0. The second kappa shape index (κ2) is 7.48. The fourth-order valence-electron chi connectivity index (χ4n) is 0.845. The Hall–Kier alpha value is -0.630. The summed E-state index contributed by atoms with van der Waals surface area (Å²) < 4.78 is 0. The lowest BCUT2D eigenvalue weighted by Gasteiger charge is -1.96. The van der Waals surface area contributed by atoms with E-state index in [1.165, 1.54) is 0 Å². The fraction of sp³-hybridized carbons (Fsp3) is 0.667. The number of unbranched alkanes of at least 4 members (excludes halogenated alkanes) is 1. The van der Waals surface area contributed by atoms with E-state index >= 15 is 0 Å². The molecular formula is C9H16O2. The smallest absolute Gasteiger partial charge is 0.133 e. The summed E-state index contributed by atoms with van der Waals surface area (Å²) in [6.07, 6.45) is 5.38. The Morgan fingerprint density at radius 3 is 2.55 bits per heavy atom. The first-order chi connectivity index (χ1) is 5.31. The van der Waals surface area contributed by atoms with Crippen LogP contribution >= 0.6 is 0 Å². The van der Waals surface area contributed by atoms with Gasteiger partial charge in [0.15, 0.2) is 0 Å². The highest BCUT2D eigenvalue weighted by atomic mass is 16.3. The number of hydrogen-bond donors (Lipinski definition) is 1. The lowest BCUT2D eigenvalue weighted by molar-refractivity contribution is -0.119. The van der Waals surface area contributed by atoms with Crippen LogP contribution in [0.3, 0.4) is 0 Å². The van der Waals surface area contributed by atoms with Crippen molar-refractivity contribution in [2.45, 2.75) is 32.1 Å². The molecule has 0 aromatic heterocycles. The zero-order valence-electron chi connectivity index (χ0n) is 6.88. The molecule has 0 saturated heterocycles. The largest absolute Gasteiger partial charge is 0.396 e. The van der Waals surface area contributed by atoms with Crippen LogP contribution < -0.4 is 0 Å². The first-order valence-electron chi connectivity index (χ1n) is 4.04. The van der Waals surface area contributed by atoms with Gasteiger partial charge in [-0.15, -0.1) is 6.58 Å². The normalized spacial score (nSPS) is 9.55. The molecule has 0 spiro atoms. The number of hydrogen-bond acceptors (Lipinski definition) is 2. The molecule has 0 rings (SSSR count). The van der Waals surface area contributed by atoms with Crippen molar-refractivity contribution in [3.8, 4) is 0 Å². The van der Waals surface area contributed by atoms with Crippen molar-refractivity contribution < 1.29 is 9.90 Å². The summed E-state index contributed by atoms with van der Waals surface area (Å²) in [4.78, 5) is 10.9. The van der Waals surface area contributed by atoms with Crippen molar-refractivity contribution in [3.05, 3.63) is 12.7 Å². The maximum absolute atomic E-state index is 10.9. The second-order valence-electron chi connectivity index (χ2n) is 2.55. The van der Waals surface area contributed by atoms with Gasteiger partial charge in [0.2, 0.25) is 0 Å². The minimum absolute atomic E-state index is 0.118. The molecule has 0 atom stereocenters. The van der Waals surface area contributed by atoms with Gasteiger partial charge in [0.1, 0.15) is 5.78 Å². The molecule has 0 saturated carbocycles. The van der Waals surface area contributed by atoms with Crippen molar-refractivity contribution in [3.63, 3.8) is 0 Å². The predicted octanol–water partition coefficient (Wildman–Crippen LogP) is 1.68. The van der Waals surface area contributed by atoms with Crippen LogP contribution in [-0.4, -0.2) is 17.5 Å². The Labute approximate surface area is 67.9 Å². The van der Waals surface area contributed by atoms with Crippen LogP contribution in [-0.2, 0) is 4.79 Å². The number of allylic oxidation sites excluding steroid dienone is 1. The molecule has 11 heavy (non-hydrogen) atoms. The zero-order chi connectivity index (χ0) is 8.53. The van der Waals surface area contributed by atoms with E-state index in [0.717, 1.165) is 12.8 Å². The van der Waals surface area contributed by atoms with Gasteiger partial charge in [-0.25, -0.2) is 0 Å². The number of carbonyl (C=O) groups excluding carboxylic acids is 1. The number of Topliss-reactive ketones (excluding diaryl/α,β-unsaturated/α-hetero) is 1. The van der Waals surface area contributed by atoms with E-state index in [9.17, 15) is 4.79 Å². The first-order valence-corrected chi connectivity index (χ1v) is 4.04. The standard InChI is InChI=1S/C9H16O2/c1-2-3-4-6-9(11)7-5-8-10/h2,10H,1,3-8H2. The lowest BCUT2D eigenvalue weighted by Crippen LogP contribution is -1.98. The maximum Gasteiger partial charge on any atom is 0.133 e. The molecule has 2 nitrogen and oxygen atoms in total. The molecule has 64 valence electrons. The SMILES string of the molecule is C=CCCCC(=O)CCCO. The number of rotatable bonds is 7. The lowest BCUT2D eigenvalue weighted by atomic mass is 10.1. The Kier molecular flexibility index (Phi) is 7.05. The Bertz CT molecular complexity index is 119. The van der Waals surface area contributed by atoms with Crippen molar-refractivity contribution in [2.75, 3.05) is 6.61 Å². The van der Waals surface area contributed by atoms with Crippen LogP contribution in [0.1, 0.15) is 32.1 Å². The summed E-state index contributed by atoms with van der Waals surface area (Å²) >= 11 is 0. The van der Waals surface area contributed by atoms with Gasteiger partial charge in [-0.3, -0.25) is 4.79 Å². The molecule has 0 aliphatic heterocycles. The van der Waals surface area contributed by atoms with Crippen molar-refractivity contribution in [2.24, 2.45) is 0 Å². The number of carbonyl (C=O) groups is 1. The van der Waals surface area contributed by atoms with Crippen LogP contribution in [0.4, 0.5) is 0 Å². The van der Waals surface area contributed by atoms with Crippen molar-refractivity contribution in [1.82, 2.24) is 0 Å². The van der Waals surface area contributed by atoms with Gasteiger partial charge in [0, 0.05) is 19.4 Å². The van der Waals surface area contributed by atoms with Gasteiger partial charge in [-0.05, 0) is 19.3 Å². The molecule has 0 aromatic rings. The minimum atomic E-state index is 0.118. The zero-order valence-corrected chi connectivity index (χ0v) is 6.88. The monoisotopic (exact) mass is 156 g/mol. The number of ketones is 1. The topological polar surface area (TPSA) is 37.3 Å². The number of aliphatic hydroxyl groups is 1. The van der Waals surface area contributed by atoms with Gasteiger partial charge in [0.05, 0.1) is 0 Å². The summed E-state index contributed by atoms with van der Waals surface area (Å²) in [5.41, 5.74) is 0. The molecular weight excluding hydrogens is 140 g/mol. The maximum atomic E-state index is 10.9. The van der Waals surface area contributed by atoms with Crippen LogP contribution in [0.2, 0.25) is 0 Å². The third-order valence-corrected chi connectivity index (χ3v) is 1.48. The van der Waals surface area contributed by atoms with E-state index in [2.05, 4.69) is 6.58 Å². The Morgan fingerprint density at radius 2 is 2.00 bits per heavy atom. The van der Waals surface area contributed by atoms with Gasteiger partial charge in [-0.2, -0.15) is 0 Å². The summed E-state index contributed by atoms with van der Waals surface area (Å²) in [6.45, 7) is 3.69. The van der Waals surface area contributed by atoms with E-state index in [1.807, 2.05) is 6.08 Å². The highest BCUT2D eigenvalue weighted by Crippen LogP contribution is 2.01. The van der Waals surface area contributed by atoms with Crippen LogP contribution in [0.5, 0.6) is 0 Å². The first kappa shape index (κ1) is 10.4. The Balaban J connectivity index is 3.15. The van der Waals surface area contributed by atoms with E-state index in [4.69, 9.17) is 5.11 Å². The molecule has 0 unspecified atom stereocenters. The van der Waals surface area contributed by atoms with E-state index < -0.39 is 0 Å². The highest BCUT2D eigenvalue weighted by molar-refractivity contribution is 5.78. The predicted molar refractivity (Wildman–Crippen MR) is 45.4 cm³/mol. The molecule has 0 radical (unpaired) electrons. The quantitative estimate of drug-likeness (QED) is 0.450. The van der Waals surface area contributed by atoms with Crippen LogP contribution in [0, 0.1) is 0 Å². The van der Waals surface area contributed by atoms with E-state index in [1.54, 1.807) is 0 Å². The van der Waals surface area contributed by atoms with E-state index in [-0.39, 0.29) is 12.4 Å². The van der Waals surface area contributed by atoms with Crippen LogP contribution in [0.15, 0.2) is 12.7 Å². The summed E-state index contributed by atoms with van der Waals surface area (Å²) in [6, 6.07) is 0. The molecule has 1 N–H and O–H groups in total. The van der Waals surface area contributed by atoms with Crippen molar-refractivity contribution >= 4 is 5.78 Å². The highest BCUT2D eigenvalue weighted by Gasteiger charge is 1.99. The van der Waals surface area contributed by atoms with E-state index in [0.29, 0.717) is 19.3 Å². The molecule has 0 bridgehead atoms. The second-order valence-corrected chi connectivity index (χ2v) is 2.55. The minimum Gasteiger partial charge on any atom is -0.396 e. The summed E-state index contributed by atoms with van der Waals surface area (Å²) in [5.74, 6) is 0.251. The molecule has 0 heterocycles. The number of aliphatic hydroxyl groups excluding tert-OH is 1. The summed E-state index contributed by atoms with van der Waals surface area (Å²) in [5, 5.41) is 8.42. The third-order valence-electron chi connectivity index (χ3n) is 1.48. The Morgan fingerprint density at radius 1 is 1.36 bits per heavy atom. The third kappa shape index (κ3) is 7.26. The van der Waals surface area contributed by atoms with Gasteiger partial charge >= 0.3 is 0 Å². The van der Waals surface area contributed by atoms with Gasteiger partial charge < -0.3 is 5.11 Å². The average Bonchev–Trinajstić information content (AvgIpc) is 2.01. The van der Waals surface area contributed by atoms with Crippen LogP contribution in [0.25, 0.3) is 0 Å². The molecule has 2 heteroatoms. The molecule has 0 aliphatic carbocycles. The molecule has 0 aliphatic rings. The van der Waals surface area contributed by atoms with Crippen molar-refractivity contribution in [1.29, 1.82) is 0 Å². The molecule has 0 amide bonds. The fourth-order valence-corrected chi connectivity index (χ4v) is 0.845. The van der Waals surface area contributed by atoms with Gasteiger partial charge in [0.25, 0.3) is 0 Å². The average molecular weight is 156 g/mol. The molecule has 0 aromatic carbocycles. The van der Waals surface area contributed by atoms with Gasteiger partial charge in [-0.1, -0.05) is 6.08 Å². The molecule has 0 fully saturated rings.